The summed E-state index contributed by atoms with van der Waals surface area (Å²) in [5, 5.41) is 11.7. The minimum Gasteiger partial charge on any atom is -0.480 e. The number of urea groups is 1. The molecule has 2 fully saturated rings. The van der Waals surface area contributed by atoms with Gasteiger partial charge in [-0.2, -0.15) is 0 Å². The smallest absolute Gasteiger partial charge is 0.326 e. The van der Waals surface area contributed by atoms with Crippen molar-refractivity contribution in [3.8, 4) is 0 Å². The van der Waals surface area contributed by atoms with Gasteiger partial charge in [0.1, 0.15) is 11.6 Å². The summed E-state index contributed by atoms with van der Waals surface area (Å²) in [5.41, 5.74) is -0.955. The number of hydrogen-bond donors (Lipinski definition) is 2. The van der Waals surface area contributed by atoms with Crippen LogP contribution in [0.25, 0.3) is 0 Å². The summed E-state index contributed by atoms with van der Waals surface area (Å²) in [4.78, 5) is 38.6. The second-order valence-electron chi connectivity index (χ2n) is 6.04. The first-order valence-corrected chi connectivity index (χ1v) is 6.81. The van der Waals surface area contributed by atoms with E-state index in [1.54, 1.807) is 25.8 Å². The molecule has 1 saturated carbocycles. The first kappa shape index (κ1) is 14.6. The highest BCUT2D eigenvalue weighted by Crippen LogP contribution is 2.33. The Hall–Kier alpha value is -1.79. The Kier molecular flexibility index (Phi) is 3.62. The zero-order valence-electron chi connectivity index (χ0n) is 12.0. The number of hydrogen-bond acceptors (Lipinski definition) is 3. The van der Waals surface area contributed by atoms with Gasteiger partial charge in [0, 0.05) is 20.1 Å². The molecule has 1 aliphatic carbocycles. The normalized spacial score (nSPS) is 23.4. The van der Waals surface area contributed by atoms with Crippen molar-refractivity contribution in [1.29, 1.82) is 0 Å². The minimum absolute atomic E-state index is 0.0164. The molecule has 2 rings (SSSR count). The Labute approximate surface area is 117 Å². The zero-order valence-corrected chi connectivity index (χ0v) is 12.0. The molecule has 112 valence electrons. The molecular formula is C13H21N3O4. The zero-order chi connectivity index (χ0) is 15.1. The number of nitrogens with zero attached hydrogens (tertiary/aromatic N) is 2. The average Bonchev–Trinajstić information content (AvgIpc) is 3.16. The summed E-state index contributed by atoms with van der Waals surface area (Å²) in [6.07, 6.45) is 1.64. The Balaban J connectivity index is 2.08. The fourth-order valence-electron chi connectivity index (χ4n) is 2.59. The molecule has 0 aromatic heterocycles. The Morgan fingerprint density at radius 2 is 1.95 bits per heavy atom. The van der Waals surface area contributed by atoms with Crippen LogP contribution < -0.4 is 5.32 Å². The van der Waals surface area contributed by atoms with E-state index in [0.29, 0.717) is 13.1 Å². The van der Waals surface area contributed by atoms with E-state index < -0.39 is 23.6 Å². The number of carboxylic acid groups (broad SMARTS) is 1. The van der Waals surface area contributed by atoms with E-state index in [1.807, 2.05) is 0 Å². The number of likely N-dealkylation sites (N-methyl/N-ethyl adjacent to an activating group) is 1. The van der Waals surface area contributed by atoms with Gasteiger partial charge in [0.2, 0.25) is 5.91 Å². The highest BCUT2D eigenvalue weighted by atomic mass is 16.4. The van der Waals surface area contributed by atoms with Gasteiger partial charge < -0.3 is 20.2 Å². The molecule has 20 heavy (non-hydrogen) atoms. The van der Waals surface area contributed by atoms with Gasteiger partial charge in [-0.15, -0.1) is 0 Å². The maximum Gasteiger partial charge on any atom is 0.326 e. The van der Waals surface area contributed by atoms with Gasteiger partial charge in [0.25, 0.3) is 0 Å². The molecule has 0 radical (unpaired) electrons. The second kappa shape index (κ2) is 4.96. The molecule has 1 saturated heterocycles. The first-order valence-electron chi connectivity index (χ1n) is 6.81. The van der Waals surface area contributed by atoms with Crippen LogP contribution in [0.15, 0.2) is 0 Å². The third-order valence-electron chi connectivity index (χ3n) is 4.09. The van der Waals surface area contributed by atoms with Crippen molar-refractivity contribution in [1.82, 2.24) is 15.1 Å². The van der Waals surface area contributed by atoms with Gasteiger partial charge in [-0.3, -0.25) is 4.79 Å². The molecule has 2 N–H and O–H groups in total. The number of amides is 3. The molecule has 1 heterocycles. The van der Waals surface area contributed by atoms with Crippen LogP contribution in [0, 0.1) is 5.92 Å². The minimum atomic E-state index is -1.01. The van der Waals surface area contributed by atoms with E-state index in [1.165, 1.54) is 4.90 Å². The maximum absolute atomic E-state index is 12.3. The second-order valence-corrected chi connectivity index (χ2v) is 6.04. The third kappa shape index (κ3) is 2.57. The van der Waals surface area contributed by atoms with Crippen molar-refractivity contribution in [3.05, 3.63) is 0 Å². The van der Waals surface area contributed by atoms with Crippen LogP contribution in [0.4, 0.5) is 4.79 Å². The standard InChI is InChI=1S/C13H21N3O4/c1-13(2)11(19)15(3)6-7-16(13)12(20)14-9(10(17)18)8-4-5-8/h8-9H,4-7H2,1-3H3,(H,14,20)(H,17,18). The molecule has 0 spiro atoms. The van der Waals surface area contributed by atoms with Crippen LogP contribution in [0.1, 0.15) is 26.7 Å². The molecule has 1 aliphatic heterocycles. The van der Waals surface area contributed by atoms with Gasteiger partial charge in [0.05, 0.1) is 0 Å². The summed E-state index contributed by atoms with van der Waals surface area (Å²) in [6.45, 7) is 4.21. The summed E-state index contributed by atoms with van der Waals surface area (Å²) in [7, 11) is 1.70. The SMILES string of the molecule is CN1CCN(C(=O)NC(C(=O)O)C2CC2)C(C)(C)C1=O. The van der Waals surface area contributed by atoms with Crippen molar-refractivity contribution >= 4 is 17.9 Å². The number of nitrogens with one attached hydrogen (secondary N) is 1. The molecule has 0 aromatic rings. The monoisotopic (exact) mass is 283 g/mol. The fraction of sp³-hybridized carbons (Fsp3) is 0.769. The Morgan fingerprint density at radius 3 is 2.45 bits per heavy atom. The lowest BCUT2D eigenvalue weighted by molar-refractivity contribution is -0.144. The Morgan fingerprint density at radius 1 is 1.35 bits per heavy atom. The lowest BCUT2D eigenvalue weighted by Gasteiger charge is -2.44. The maximum atomic E-state index is 12.3. The van der Waals surface area contributed by atoms with E-state index in [2.05, 4.69) is 5.32 Å². The van der Waals surface area contributed by atoms with E-state index in [0.717, 1.165) is 12.8 Å². The van der Waals surface area contributed by atoms with Gasteiger partial charge in [0.15, 0.2) is 0 Å². The van der Waals surface area contributed by atoms with Gasteiger partial charge in [-0.25, -0.2) is 9.59 Å². The molecular weight excluding hydrogens is 262 g/mol. The van der Waals surface area contributed by atoms with Crippen LogP contribution in [0.3, 0.4) is 0 Å². The molecule has 0 bridgehead atoms. The number of carbonyl (C=O) groups excluding carboxylic acids is 2. The highest BCUT2D eigenvalue weighted by Gasteiger charge is 2.45. The topological polar surface area (TPSA) is 89.9 Å². The number of piperazine rings is 1. The molecule has 7 heteroatoms. The van der Waals surface area contributed by atoms with Crippen LogP contribution in [0.2, 0.25) is 0 Å². The van der Waals surface area contributed by atoms with E-state index in [4.69, 9.17) is 5.11 Å². The van der Waals surface area contributed by atoms with Crippen molar-refractivity contribution in [3.63, 3.8) is 0 Å². The highest BCUT2D eigenvalue weighted by molar-refractivity contribution is 5.92. The Bertz CT molecular complexity index is 445. The van der Waals surface area contributed by atoms with Crippen LogP contribution in [-0.2, 0) is 9.59 Å². The van der Waals surface area contributed by atoms with Gasteiger partial charge in [-0.1, -0.05) is 0 Å². The molecule has 7 nitrogen and oxygen atoms in total. The number of rotatable bonds is 3. The number of carbonyl (C=O) groups is 3. The van der Waals surface area contributed by atoms with Crippen molar-refractivity contribution in [2.24, 2.45) is 5.92 Å². The van der Waals surface area contributed by atoms with Crippen LogP contribution in [0.5, 0.6) is 0 Å². The van der Waals surface area contributed by atoms with Crippen LogP contribution in [-0.4, -0.2) is 64.5 Å². The van der Waals surface area contributed by atoms with Crippen molar-refractivity contribution in [2.75, 3.05) is 20.1 Å². The lowest BCUT2D eigenvalue weighted by atomic mass is 9.98. The summed E-state index contributed by atoms with van der Waals surface area (Å²) in [5.74, 6) is -1.14. The van der Waals surface area contributed by atoms with Crippen molar-refractivity contribution in [2.45, 2.75) is 38.3 Å². The van der Waals surface area contributed by atoms with Gasteiger partial charge >= 0.3 is 12.0 Å². The average molecular weight is 283 g/mol. The van der Waals surface area contributed by atoms with E-state index in [-0.39, 0.29) is 11.8 Å². The molecule has 1 atom stereocenters. The third-order valence-corrected chi connectivity index (χ3v) is 4.09. The molecule has 1 unspecified atom stereocenters. The summed E-state index contributed by atoms with van der Waals surface area (Å²) < 4.78 is 0. The summed E-state index contributed by atoms with van der Waals surface area (Å²) in [6, 6.07) is -1.33. The quantitative estimate of drug-likeness (QED) is 0.769. The van der Waals surface area contributed by atoms with Gasteiger partial charge in [-0.05, 0) is 32.6 Å². The van der Waals surface area contributed by atoms with Crippen molar-refractivity contribution < 1.29 is 19.5 Å². The fourth-order valence-corrected chi connectivity index (χ4v) is 2.59. The summed E-state index contributed by atoms with van der Waals surface area (Å²) >= 11 is 0. The number of aliphatic carboxylic acids is 1. The number of carboxylic acids is 1. The molecule has 3 amide bonds. The lowest BCUT2D eigenvalue weighted by Crippen LogP contribution is -2.66. The van der Waals surface area contributed by atoms with Crippen LogP contribution >= 0.6 is 0 Å². The first-order chi connectivity index (χ1) is 9.25. The molecule has 2 aliphatic rings. The van der Waals surface area contributed by atoms with E-state index in [9.17, 15) is 14.4 Å². The van der Waals surface area contributed by atoms with E-state index >= 15 is 0 Å². The predicted octanol–water partition coefficient (Wildman–Crippen LogP) is 0.112. The largest absolute Gasteiger partial charge is 0.480 e. The predicted molar refractivity (Wildman–Crippen MR) is 71.1 cm³/mol. The molecule has 0 aromatic carbocycles.